The molecule has 0 heteroatoms. The van der Waals surface area contributed by atoms with Crippen LogP contribution in [0.2, 0.25) is 0 Å². The highest BCUT2D eigenvalue weighted by Gasteiger charge is 1.84. The Labute approximate surface area is 218 Å². The predicted molar refractivity (Wildman–Crippen MR) is 162 cm³/mol. The lowest BCUT2D eigenvalue weighted by Gasteiger charge is -1.93. The zero-order valence-electron chi connectivity index (χ0n) is 24.3. The molecule has 0 aliphatic heterocycles. The van der Waals surface area contributed by atoms with Crippen LogP contribution in [0, 0.1) is 48.5 Å². The van der Waals surface area contributed by atoms with Gasteiger partial charge in [0.15, 0.2) is 0 Å². The maximum atomic E-state index is 2.17. The summed E-state index contributed by atoms with van der Waals surface area (Å²) < 4.78 is 0. The van der Waals surface area contributed by atoms with Crippen LogP contribution in [0.4, 0.5) is 0 Å². The van der Waals surface area contributed by atoms with Gasteiger partial charge in [-0.25, -0.2) is 0 Å². The van der Waals surface area contributed by atoms with Crippen LogP contribution in [-0.2, 0) is 0 Å². The molecule has 4 rings (SSSR count). The minimum atomic E-state index is 1.32. The van der Waals surface area contributed by atoms with Gasteiger partial charge in [-0.15, -0.1) is 0 Å². The fraction of sp³-hybridized carbons (Fsp3) is 0.314. The molecule has 0 heterocycles. The summed E-state index contributed by atoms with van der Waals surface area (Å²) in [6.45, 7) is 22.7. The Morgan fingerprint density at radius 2 is 0.571 bits per heavy atom. The van der Waals surface area contributed by atoms with E-state index in [2.05, 4.69) is 133 Å². The van der Waals surface area contributed by atoms with Gasteiger partial charge < -0.3 is 0 Å². The van der Waals surface area contributed by atoms with Gasteiger partial charge in [0.25, 0.3) is 0 Å². The predicted octanol–water partition coefficient (Wildman–Crippen LogP) is 11.0. The average Bonchev–Trinajstić information content (AvgIpc) is 2.87. The standard InChI is InChI=1S/3C8H10.C7H8.2C2H6/c1-7-3-5-8(2)6-4-7;1-7-4-3-5-8(2)6-7;1-7-5-3-4-6-8(7)2;1-7-5-3-2-4-6-7;2*1-2/h3*3-6H,1-2H3;2-6H,1H3;2*1-2H3. The third kappa shape index (κ3) is 20.0. The van der Waals surface area contributed by atoms with E-state index in [0.29, 0.717) is 0 Å². The highest BCUT2D eigenvalue weighted by molar-refractivity contribution is 5.23. The molecule has 0 aliphatic rings. The van der Waals surface area contributed by atoms with Gasteiger partial charge in [0.2, 0.25) is 0 Å². The second kappa shape index (κ2) is 22.7. The van der Waals surface area contributed by atoms with E-state index in [1.54, 1.807) is 0 Å². The summed E-state index contributed by atoms with van der Waals surface area (Å²) in [4.78, 5) is 0. The van der Waals surface area contributed by atoms with Crippen LogP contribution in [0.5, 0.6) is 0 Å². The van der Waals surface area contributed by atoms with Gasteiger partial charge >= 0.3 is 0 Å². The lowest BCUT2D eigenvalue weighted by Crippen LogP contribution is -1.74. The fourth-order valence-corrected chi connectivity index (χ4v) is 2.64. The Morgan fingerprint density at radius 3 is 0.800 bits per heavy atom. The molecule has 0 unspecified atom stereocenters. The fourth-order valence-electron chi connectivity index (χ4n) is 2.64. The molecule has 0 spiro atoms. The van der Waals surface area contributed by atoms with E-state index in [1.807, 2.05) is 45.9 Å². The van der Waals surface area contributed by atoms with Gasteiger partial charge in [0, 0.05) is 0 Å². The van der Waals surface area contributed by atoms with Gasteiger partial charge in [0.05, 0.1) is 0 Å². The van der Waals surface area contributed by atoms with Gasteiger partial charge in [-0.1, -0.05) is 159 Å². The average molecular weight is 471 g/mol. The smallest absolute Gasteiger partial charge is 0.0395 e. The van der Waals surface area contributed by atoms with Crippen LogP contribution in [0.3, 0.4) is 0 Å². The number of benzene rings is 4. The minimum Gasteiger partial charge on any atom is -0.0683 e. The van der Waals surface area contributed by atoms with Crippen molar-refractivity contribution in [1.82, 2.24) is 0 Å². The third-order valence-electron chi connectivity index (χ3n) is 4.76. The summed E-state index contributed by atoms with van der Waals surface area (Å²) in [5, 5.41) is 0. The van der Waals surface area contributed by atoms with E-state index in [4.69, 9.17) is 0 Å². The molecule has 0 saturated heterocycles. The van der Waals surface area contributed by atoms with Crippen molar-refractivity contribution in [3.8, 4) is 0 Å². The topological polar surface area (TPSA) is 0 Å². The lowest BCUT2D eigenvalue weighted by atomic mass is 10.1. The Bertz CT molecular complexity index is 920. The van der Waals surface area contributed by atoms with Crippen molar-refractivity contribution in [3.63, 3.8) is 0 Å². The summed E-state index contributed by atoms with van der Waals surface area (Å²) in [5.74, 6) is 0. The molecule has 0 amide bonds. The molecule has 190 valence electrons. The Kier molecular flexibility index (Phi) is 22.0. The molecule has 4 aromatic carbocycles. The third-order valence-corrected chi connectivity index (χ3v) is 4.76. The summed E-state index contributed by atoms with van der Waals surface area (Å²) in [5.41, 5.74) is 9.39. The van der Waals surface area contributed by atoms with E-state index in [1.165, 1.54) is 38.9 Å². The van der Waals surface area contributed by atoms with Crippen LogP contribution < -0.4 is 0 Å². The van der Waals surface area contributed by atoms with Crippen molar-refractivity contribution < 1.29 is 0 Å². The highest BCUT2D eigenvalue weighted by Crippen LogP contribution is 2.03. The summed E-state index contributed by atoms with van der Waals surface area (Å²) in [6.07, 6.45) is 0. The number of rotatable bonds is 0. The first-order valence-electron chi connectivity index (χ1n) is 12.9. The van der Waals surface area contributed by atoms with Crippen molar-refractivity contribution in [2.24, 2.45) is 0 Å². The number of hydrogen-bond donors (Lipinski definition) is 0. The van der Waals surface area contributed by atoms with Crippen molar-refractivity contribution in [2.45, 2.75) is 76.2 Å². The molecule has 35 heavy (non-hydrogen) atoms. The zero-order chi connectivity index (χ0) is 27.1. The molecule has 0 atom stereocenters. The molecule has 0 fully saturated rings. The first kappa shape index (κ1) is 34.0. The number of aryl methyl sites for hydroxylation is 7. The largest absolute Gasteiger partial charge is 0.0683 e. The molecular weight excluding hydrogens is 420 g/mol. The monoisotopic (exact) mass is 470 g/mol. The molecule has 0 N–H and O–H groups in total. The van der Waals surface area contributed by atoms with Gasteiger partial charge in [-0.3, -0.25) is 0 Å². The molecule has 0 bridgehead atoms. The van der Waals surface area contributed by atoms with Crippen molar-refractivity contribution in [1.29, 1.82) is 0 Å². The van der Waals surface area contributed by atoms with Crippen molar-refractivity contribution >= 4 is 0 Å². The van der Waals surface area contributed by atoms with E-state index in [9.17, 15) is 0 Å². The zero-order valence-corrected chi connectivity index (χ0v) is 24.3. The Balaban J connectivity index is 0. The van der Waals surface area contributed by atoms with Crippen LogP contribution >= 0.6 is 0 Å². The molecular formula is C35H50. The van der Waals surface area contributed by atoms with Crippen LogP contribution in [-0.4, -0.2) is 0 Å². The second-order valence-electron chi connectivity index (χ2n) is 8.05. The van der Waals surface area contributed by atoms with Crippen molar-refractivity contribution in [2.75, 3.05) is 0 Å². The first-order valence-corrected chi connectivity index (χ1v) is 12.9. The maximum absolute atomic E-state index is 2.17. The quantitative estimate of drug-likeness (QED) is 0.240. The molecule has 4 aromatic rings. The lowest BCUT2D eigenvalue weighted by molar-refractivity contribution is 1.34. The van der Waals surface area contributed by atoms with Gasteiger partial charge in [-0.2, -0.15) is 0 Å². The van der Waals surface area contributed by atoms with E-state index in [0.717, 1.165) is 0 Å². The van der Waals surface area contributed by atoms with Crippen LogP contribution in [0.15, 0.2) is 103 Å². The SMILES string of the molecule is CC.CC.Cc1ccc(C)cc1.Cc1cccc(C)c1.Cc1ccccc1.Cc1ccccc1C. The normalized spacial score (nSPS) is 8.43. The van der Waals surface area contributed by atoms with Crippen molar-refractivity contribution in [3.05, 3.63) is 142 Å². The van der Waals surface area contributed by atoms with Crippen LogP contribution in [0.1, 0.15) is 66.6 Å². The molecule has 0 radical (unpaired) electrons. The second-order valence-corrected chi connectivity index (χ2v) is 8.05. The molecule has 0 nitrogen and oxygen atoms in total. The van der Waals surface area contributed by atoms with Gasteiger partial charge in [0.1, 0.15) is 0 Å². The van der Waals surface area contributed by atoms with E-state index < -0.39 is 0 Å². The molecule has 0 aliphatic carbocycles. The van der Waals surface area contributed by atoms with Gasteiger partial charge in [-0.05, 0) is 59.6 Å². The first-order chi connectivity index (χ1) is 16.8. The summed E-state index contributed by atoms with van der Waals surface area (Å²) in [6, 6.07) is 35.5. The summed E-state index contributed by atoms with van der Waals surface area (Å²) in [7, 11) is 0. The molecule has 0 aromatic heterocycles. The molecule has 0 saturated carbocycles. The Morgan fingerprint density at radius 1 is 0.286 bits per heavy atom. The summed E-state index contributed by atoms with van der Waals surface area (Å²) >= 11 is 0. The van der Waals surface area contributed by atoms with E-state index >= 15 is 0 Å². The highest BCUT2D eigenvalue weighted by atomic mass is 13.9. The van der Waals surface area contributed by atoms with Crippen LogP contribution in [0.25, 0.3) is 0 Å². The minimum absolute atomic E-state index is 1.32. The maximum Gasteiger partial charge on any atom is -0.0395 e. The van der Waals surface area contributed by atoms with E-state index in [-0.39, 0.29) is 0 Å². The Hall–Kier alpha value is -3.12. The number of hydrogen-bond acceptors (Lipinski definition) is 0.